The van der Waals surface area contributed by atoms with Gasteiger partial charge in [0.05, 0.1) is 6.04 Å². The number of anilines is 1. The van der Waals surface area contributed by atoms with Gasteiger partial charge in [0, 0.05) is 50.3 Å². The smallest absolute Gasteiger partial charge is 0.368 e. The van der Waals surface area contributed by atoms with E-state index >= 15 is 0 Å². The number of likely N-dealkylation sites (tertiary alicyclic amines) is 2. The normalized spacial score (nSPS) is 18.5. The molecule has 2 aliphatic rings. The van der Waals surface area contributed by atoms with Gasteiger partial charge < -0.3 is 16.0 Å². The summed E-state index contributed by atoms with van der Waals surface area (Å²) < 4.78 is 94.1. The Balaban J connectivity index is 1.43. The number of nitrogens with one attached hydrogen (secondary N) is 1. The second-order valence-electron chi connectivity index (χ2n) is 9.37. The van der Waals surface area contributed by atoms with Crippen molar-refractivity contribution in [3.63, 3.8) is 0 Å². The summed E-state index contributed by atoms with van der Waals surface area (Å²) in [7, 11) is 0. The van der Waals surface area contributed by atoms with Gasteiger partial charge in [0.2, 0.25) is 0 Å². The fraction of sp³-hybridized carbons (Fsp3) is 0.409. The summed E-state index contributed by atoms with van der Waals surface area (Å²) in [6, 6.07) is 5.58. The Labute approximate surface area is 204 Å². The molecule has 2 amide bonds. The van der Waals surface area contributed by atoms with Crippen LogP contribution in [0, 0.1) is 11.2 Å². The molecule has 2 aliphatic heterocycles. The standard InChI is InChI=1S/C22H20F7N7O/c23-13-3-1-12(2-4-13)14(34-8-20(9-34)10-35(11-20)19(30)37)7-31-17-5-15(21(24,25)26)32-18-6-16(22(27,28)29)33-36(17)18/h1-6,14,31H,7-11H2,(H2,30,37)/t14-/m1/s1. The lowest BCUT2D eigenvalue weighted by atomic mass is 9.72. The van der Waals surface area contributed by atoms with Gasteiger partial charge >= 0.3 is 18.4 Å². The first-order valence-electron chi connectivity index (χ1n) is 11.1. The molecule has 3 N–H and O–H groups in total. The Hall–Kier alpha value is -3.62. The van der Waals surface area contributed by atoms with Crippen LogP contribution in [-0.2, 0) is 12.4 Å². The van der Waals surface area contributed by atoms with Gasteiger partial charge in [-0.05, 0) is 17.7 Å². The van der Waals surface area contributed by atoms with E-state index in [9.17, 15) is 35.5 Å². The molecule has 198 valence electrons. The van der Waals surface area contributed by atoms with Crippen LogP contribution < -0.4 is 11.1 Å². The van der Waals surface area contributed by atoms with Crippen LogP contribution in [-0.4, -0.2) is 63.2 Å². The first kappa shape index (κ1) is 25.0. The van der Waals surface area contributed by atoms with Crippen LogP contribution in [0.25, 0.3) is 5.65 Å². The molecule has 0 unspecified atom stereocenters. The number of nitrogens with zero attached hydrogens (tertiary/aromatic N) is 5. The van der Waals surface area contributed by atoms with Crippen molar-refractivity contribution >= 4 is 17.5 Å². The van der Waals surface area contributed by atoms with E-state index in [1.165, 1.54) is 29.2 Å². The molecular formula is C22H20F7N7O. The third kappa shape index (κ3) is 4.74. The van der Waals surface area contributed by atoms with E-state index in [0.29, 0.717) is 48.4 Å². The molecular weight excluding hydrogens is 511 g/mol. The predicted molar refractivity (Wildman–Crippen MR) is 116 cm³/mol. The number of nitrogens with two attached hydrogens (primary N) is 1. The van der Waals surface area contributed by atoms with E-state index in [4.69, 9.17) is 5.73 Å². The van der Waals surface area contributed by atoms with E-state index in [2.05, 4.69) is 15.4 Å². The molecule has 0 bridgehead atoms. The van der Waals surface area contributed by atoms with Crippen LogP contribution in [0.3, 0.4) is 0 Å². The SMILES string of the molecule is NC(=O)N1CC2(C1)CN([C@H](CNc1cc(C(F)(F)F)nc3cc(C(F)(F)F)nn13)c1ccc(F)cc1)C2. The van der Waals surface area contributed by atoms with E-state index in [0.717, 1.165) is 0 Å². The van der Waals surface area contributed by atoms with Crippen molar-refractivity contribution in [2.45, 2.75) is 18.4 Å². The van der Waals surface area contributed by atoms with Gasteiger partial charge in [-0.25, -0.2) is 14.2 Å². The molecule has 2 aromatic heterocycles. The number of halogens is 7. The molecule has 1 atom stereocenters. The predicted octanol–water partition coefficient (Wildman–Crippen LogP) is 3.76. The summed E-state index contributed by atoms with van der Waals surface area (Å²) in [6.45, 7) is 1.99. The van der Waals surface area contributed by atoms with E-state index in [1.54, 1.807) is 0 Å². The third-order valence-corrected chi connectivity index (χ3v) is 6.62. The Morgan fingerprint density at radius 3 is 2.19 bits per heavy atom. The van der Waals surface area contributed by atoms with E-state index in [-0.39, 0.29) is 17.8 Å². The largest absolute Gasteiger partial charge is 0.435 e. The molecule has 1 spiro atoms. The molecule has 8 nitrogen and oxygen atoms in total. The van der Waals surface area contributed by atoms with Crippen molar-refractivity contribution in [2.24, 2.45) is 11.1 Å². The zero-order valence-corrected chi connectivity index (χ0v) is 18.9. The highest BCUT2D eigenvalue weighted by atomic mass is 19.4. The topological polar surface area (TPSA) is 91.8 Å². The molecule has 3 aromatic rings. The minimum Gasteiger partial charge on any atom is -0.368 e. The lowest BCUT2D eigenvalue weighted by Crippen LogP contribution is -2.73. The van der Waals surface area contributed by atoms with Crippen molar-refractivity contribution in [3.8, 4) is 0 Å². The molecule has 0 aliphatic carbocycles. The molecule has 5 rings (SSSR count). The number of hydrogen-bond acceptors (Lipinski definition) is 5. The quantitative estimate of drug-likeness (QED) is 0.490. The summed E-state index contributed by atoms with van der Waals surface area (Å²) >= 11 is 0. The Bertz CT molecular complexity index is 1320. The minimum atomic E-state index is -4.91. The summed E-state index contributed by atoms with van der Waals surface area (Å²) in [5.74, 6) is -0.813. The van der Waals surface area contributed by atoms with Crippen LogP contribution in [0.1, 0.15) is 23.0 Å². The number of rotatable bonds is 5. The lowest BCUT2D eigenvalue weighted by molar-refractivity contribution is -0.142. The summed E-state index contributed by atoms with van der Waals surface area (Å²) in [5, 5.41) is 6.20. The van der Waals surface area contributed by atoms with Crippen LogP contribution in [0.15, 0.2) is 36.4 Å². The zero-order valence-electron chi connectivity index (χ0n) is 18.9. The van der Waals surface area contributed by atoms with Gasteiger partial charge in [-0.3, -0.25) is 4.90 Å². The Kier molecular flexibility index (Phi) is 5.73. The maximum Gasteiger partial charge on any atom is 0.435 e. The summed E-state index contributed by atoms with van der Waals surface area (Å²) in [4.78, 5) is 18.1. The zero-order chi connectivity index (χ0) is 26.8. The van der Waals surface area contributed by atoms with Crippen LogP contribution in [0.5, 0.6) is 0 Å². The number of alkyl halides is 6. The molecule has 1 aromatic carbocycles. The first-order chi connectivity index (χ1) is 17.2. The van der Waals surface area contributed by atoms with Crippen molar-refractivity contribution in [2.75, 3.05) is 38.0 Å². The van der Waals surface area contributed by atoms with Gasteiger partial charge in [0.25, 0.3) is 0 Å². The number of fused-ring (bicyclic) bond motifs is 1. The first-order valence-corrected chi connectivity index (χ1v) is 11.1. The Morgan fingerprint density at radius 1 is 1.00 bits per heavy atom. The van der Waals surface area contributed by atoms with Crippen LogP contribution >= 0.6 is 0 Å². The fourth-order valence-corrected chi connectivity index (χ4v) is 4.88. The molecule has 4 heterocycles. The highest BCUT2D eigenvalue weighted by Crippen LogP contribution is 2.43. The second kappa shape index (κ2) is 8.46. The highest BCUT2D eigenvalue weighted by Gasteiger charge is 2.54. The number of primary amides is 1. The number of carbonyl (C=O) groups excluding carboxylic acids is 1. The monoisotopic (exact) mass is 531 g/mol. The number of aromatic nitrogens is 3. The molecule has 37 heavy (non-hydrogen) atoms. The maximum atomic E-state index is 13.5. The van der Waals surface area contributed by atoms with Gasteiger partial charge in [-0.1, -0.05) is 12.1 Å². The molecule has 15 heteroatoms. The fourth-order valence-electron chi connectivity index (χ4n) is 4.88. The summed E-state index contributed by atoms with van der Waals surface area (Å²) in [6.07, 6.45) is -9.79. The van der Waals surface area contributed by atoms with Crippen molar-refractivity contribution in [1.82, 2.24) is 24.4 Å². The van der Waals surface area contributed by atoms with Crippen molar-refractivity contribution in [3.05, 3.63) is 59.2 Å². The molecule has 2 fully saturated rings. The van der Waals surface area contributed by atoms with E-state index < -0.39 is 47.3 Å². The number of urea groups is 1. The van der Waals surface area contributed by atoms with Gasteiger partial charge in [0.1, 0.15) is 11.6 Å². The van der Waals surface area contributed by atoms with Gasteiger partial charge in [-0.2, -0.15) is 36.0 Å². The summed E-state index contributed by atoms with van der Waals surface area (Å²) in [5.41, 5.74) is 2.40. The lowest BCUT2D eigenvalue weighted by Gasteiger charge is -2.61. The minimum absolute atomic E-state index is 0.0289. The second-order valence-corrected chi connectivity index (χ2v) is 9.37. The van der Waals surface area contributed by atoms with Crippen molar-refractivity contribution in [1.29, 1.82) is 0 Å². The highest BCUT2D eigenvalue weighted by molar-refractivity contribution is 5.73. The third-order valence-electron chi connectivity index (χ3n) is 6.62. The molecule has 0 saturated carbocycles. The number of benzene rings is 1. The van der Waals surface area contributed by atoms with Crippen LogP contribution in [0.2, 0.25) is 0 Å². The average Bonchev–Trinajstić information content (AvgIpc) is 3.18. The molecule has 2 saturated heterocycles. The van der Waals surface area contributed by atoms with Crippen LogP contribution in [0.4, 0.5) is 41.3 Å². The van der Waals surface area contributed by atoms with Crippen molar-refractivity contribution < 1.29 is 35.5 Å². The van der Waals surface area contributed by atoms with Gasteiger partial charge in [0.15, 0.2) is 17.0 Å². The average molecular weight is 531 g/mol. The number of amides is 2. The Morgan fingerprint density at radius 2 is 1.62 bits per heavy atom. The maximum absolute atomic E-state index is 13.5. The number of carbonyl (C=O) groups is 1. The van der Waals surface area contributed by atoms with E-state index in [1.807, 2.05) is 4.90 Å². The number of hydrogen-bond donors (Lipinski definition) is 2. The molecule has 0 radical (unpaired) electrons. The van der Waals surface area contributed by atoms with Gasteiger partial charge in [-0.15, -0.1) is 0 Å².